The maximum absolute atomic E-state index is 12.4. The molecule has 0 radical (unpaired) electrons. The van der Waals surface area contributed by atoms with Crippen LogP contribution < -0.4 is 14.9 Å². The zero-order valence-corrected chi connectivity index (χ0v) is 17.9. The molecule has 0 spiro atoms. The standard InChI is InChI=1S/C21H16IN3O5/c1-29-20-12-14(13-23-24-15-7-9-16(10-8-15)25(27)28)6-11-19(20)30-21(26)17-4-2-3-5-18(17)22/h2-13,24H,1H3/b23-13-. The summed E-state index contributed by atoms with van der Waals surface area (Å²) in [7, 11) is 1.48. The molecule has 3 rings (SSSR count). The van der Waals surface area contributed by atoms with E-state index in [-0.39, 0.29) is 5.69 Å². The molecule has 0 bridgehead atoms. The van der Waals surface area contributed by atoms with Crippen molar-refractivity contribution in [1.29, 1.82) is 0 Å². The van der Waals surface area contributed by atoms with Crippen LogP contribution in [0.1, 0.15) is 15.9 Å². The average Bonchev–Trinajstić information content (AvgIpc) is 2.75. The second kappa shape index (κ2) is 9.83. The SMILES string of the molecule is COc1cc(/C=N\Nc2ccc([N+](=O)[O-])cc2)ccc1OC(=O)c1ccccc1I. The number of nitro groups is 1. The summed E-state index contributed by atoms with van der Waals surface area (Å²) in [6, 6.07) is 18.1. The lowest BCUT2D eigenvalue weighted by atomic mass is 10.2. The Balaban J connectivity index is 1.69. The van der Waals surface area contributed by atoms with Gasteiger partial charge < -0.3 is 9.47 Å². The first-order chi connectivity index (χ1) is 14.5. The summed E-state index contributed by atoms with van der Waals surface area (Å²) < 4.78 is 11.6. The molecule has 9 heteroatoms. The molecule has 8 nitrogen and oxygen atoms in total. The largest absolute Gasteiger partial charge is 0.493 e. The molecule has 0 aliphatic carbocycles. The van der Waals surface area contributed by atoms with Crippen LogP contribution in [0.4, 0.5) is 11.4 Å². The van der Waals surface area contributed by atoms with Gasteiger partial charge in [0, 0.05) is 15.7 Å². The number of anilines is 1. The third-order valence-electron chi connectivity index (χ3n) is 3.97. The van der Waals surface area contributed by atoms with Crippen molar-refractivity contribution < 1.29 is 19.2 Å². The fourth-order valence-electron chi connectivity index (χ4n) is 2.47. The van der Waals surface area contributed by atoms with Crippen molar-refractivity contribution >= 4 is 46.1 Å². The molecule has 0 unspecified atom stereocenters. The number of esters is 1. The summed E-state index contributed by atoms with van der Waals surface area (Å²) in [5, 5.41) is 14.8. The number of carbonyl (C=O) groups excluding carboxylic acids is 1. The molecule has 0 aliphatic rings. The molecule has 0 heterocycles. The van der Waals surface area contributed by atoms with Crippen molar-refractivity contribution in [3.63, 3.8) is 0 Å². The third-order valence-corrected chi connectivity index (χ3v) is 4.91. The van der Waals surface area contributed by atoms with E-state index in [9.17, 15) is 14.9 Å². The number of hydrazone groups is 1. The van der Waals surface area contributed by atoms with Crippen LogP contribution in [0.15, 0.2) is 71.8 Å². The summed E-state index contributed by atoms with van der Waals surface area (Å²) >= 11 is 2.08. The quantitative estimate of drug-likeness (QED) is 0.120. The number of halogens is 1. The highest BCUT2D eigenvalue weighted by Crippen LogP contribution is 2.29. The summed E-state index contributed by atoms with van der Waals surface area (Å²) in [6.45, 7) is 0. The van der Waals surface area contributed by atoms with Crippen molar-refractivity contribution in [1.82, 2.24) is 0 Å². The highest BCUT2D eigenvalue weighted by atomic mass is 127. The number of hydrogen-bond acceptors (Lipinski definition) is 7. The maximum Gasteiger partial charge on any atom is 0.344 e. The number of ether oxygens (including phenoxy) is 2. The topological polar surface area (TPSA) is 103 Å². The molecule has 30 heavy (non-hydrogen) atoms. The van der Waals surface area contributed by atoms with Gasteiger partial charge in [0.1, 0.15) is 0 Å². The van der Waals surface area contributed by atoms with Crippen LogP contribution in [0.2, 0.25) is 0 Å². The van der Waals surface area contributed by atoms with Gasteiger partial charge in [-0.2, -0.15) is 5.10 Å². The Hall–Kier alpha value is -3.47. The van der Waals surface area contributed by atoms with E-state index in [1.807, 2.05) is 12.1 Å². The normalized spacial score (nSPS) is 10.6. The molecule has 0 saturated heterocycles. The lowest BCUT2D eigenvalue weighted by molar-refractivity contribution is -0.384. The van der Waals surface area contributed by atoms with Gasteiger partial charge in [-0.15, -0.1) is 0 Å². The van der Waals surface area contributed by atoms with Gasteiger partial charge in [-0.1, -0.05) is 12.1 Å². The van der Waals surface area contributed by atoms with E-state index in [0.29, 0.717) is 28.3 Å². The van der Waals surface area contributed by atoms with Gasteiger partial charge in [0.15, 0.2) is 11.5 Å². The molecule has 0 amide bonds. The van der Waals surface area contributed by atoms with Crippen molar-refractivity contribution in [2.24, 2.45) is 5.10 Å². The minimum absolute atomic E-state index is 0.00425. The predicted octanol–water partition coefficient (Wildman–Crippen LogP) is 4.87. The Morgan fingerprint density at radius 1 is 1.10 bits per heavy atom. The van der Waals surface area contributed by atoms with Crippen molar-refractivity contribution in [2.45, 2.75) is 0 Å². The van der Waals surface area contributed by atoms with Gasteiger partial charge in [0.05, 0.1) is 29.5 Å². The van der Waals surface area contributed by atoms with Gasteiger partial charge in [0.2, 0.25) is 0 Å². The highest BCUT2D eigenvalue weighted by molar-refractivity contribution is 14.1. The van der Waals surface area contributed by atoms with E-state index < -0.39 is 10.9 Å². The molecular weight excluding hydrogens is 501 g/mol. The summed E-state index contributed by atoms with van der Waals surface area (Å²) in [5.41, 5.74) is 4.57. The second-order valence-corrected chi connectivity index (χ2v) is 7.12. The van der Waals surface area contributed by atoms with Gasteiger partial charge in [-0.3, -0.25) is 15.5 Å². The molecule has 0 aliphatic heterocycles. The van der Waals surface area contributed by atoms with Crippen LogP contribution in [-0.2, 0) is 0 Å². The van der Waals surface area contributed by atoms with E-state index in [1.165, 1.54) is 19.2 Å². The minimum Gasteiger partial charge on any atom is -0.493 e. The third kappa shape index (κ3) is 5.32. The lowest BCUT2D eigenvalue weighted by Gasteiger charge is -2.10. The Morgan fingerprint density at radius 3 is 2.50 bits per heavy atom. The van der Waals surface area contributed by atoms with E-state index in [2.05, 4.69) is 33.1 Å². The number of hydrogen-bond donors (Lipinski definition) is 1. The van der Waals surface area contributed by atoms with Crippen LogP contribution in [0.25, 0.3) is 0 Å². The molecule has 0 atom stereocenters. The molecule has 152 valence electrons. The summed E-state index contributed by atoms with van der Waals surface area (Å²) in [6.07, 6.45) is 1.55. The van der Waals surface area contributed by atoms with Crippen LogP contribution >= 0.6 is 22.6 Å². The first kappa shape index (κ1) is 21.2. The maximum atomic E-state index is 12.4. The molecule has 3 aromatic rings. The number of carbonyl (C=O) groups is 1. The van der Waals surface area contributed by atoms with Crippen LogP contribution in [-0.4, -0.2) is 24.2 Å². The summed E-state index contributed by atoms with van der Waals surface area (Å²) in [4.78, 5) is 22.6. The smallest absolute Gasteiger partial charge is 0.344 e. The molecule has 3 aromatic carbocycles. The predicted molar refractivity (Wildman–Crippen MR) is 121 cm³/mol. The molecule has 0 saturated carbocycles. The van der Waals surface area contributed by atoms with Gasteiger partial charge >= 0.3 is 5.97 Å². The van der Waals surface area contributed by atoms with Crippen LogP contribution in [0.5, 0.6) is 11.5 Å². The van der Waals surface area contributed by atoms with E-state index in [0.717, 1.165) is 3.57 Å². The molecule has 1 N–H and O–H groups in total. The minimum atomic E-state index is -0.473. The fourth-order valence-corrected chi connectivity index (χ4v) is 3.08. The molecule has 0 fully saturated rings. The monoisotopic (exact) mass is 517 g/mol. The number of non-ortho nitro benzene ring substituents is 1. The van der Waals surface area contributed by atoms with E-state index >= 15 is 0 Å². The van der Waals surface area contributed by atoms with Crippen molar-refractivity contribution in [3.05, 3.63) is 91.5 Å². The average molecular weight is 517 g/mol. The van der Waals surface area contributed by atoms with Gasteiger partial charge in [-0.25, -0.2) is 4.79 Å². The zero-order chi connectivity index (χ0) is 21.5. The number of nitro benzene ring substituents is 1. The lowest BCUT2D eigenvalue weighted by Crippen LogP contribution is -2.11. The second-order valence-electron chi connectivity index (χ2n) is 5.95. The Kier molecular flexibility index (Phi) is 6.96. The number of nitrogens with one attached hydrogen (secondary N) is 1. The van der Waals surface area contributed by atoms with Crippen molar-refractivity contribution in [2.75, 3.05) is 12.5 Å². The number of methoxy groups -OCH3 is 1. The van der Waals surface area contributed by atoms with Gasteiger partial charge in [-0.05, 0) is 70.6 Å². The Morgan fingerprint density at radius 2 is 1.83 bits per heavy atom. The van der Waals surface area contributed by atoms with Crippen LogP contribution in [0.3, 0.4) is 0 Å². The number of rotatable bonds is 7. The van der Waals surface area contributed by atoms with E-state index in [4.69, 9.17) is 9.47 Å². The number of nitrogens with zero attached hydrogens (tertiary/aromatic N) is 2. The molecular formula is C21H16IN3O5. The summed E-state index contributed by atoms with van der Waals surface area (Å²) in [5.74, 6) is 0.204. The van der Waals surface area contributed by atoms with Gasteiger partial charge in [0.25, 0.3) is 5.69 Å². The van der Waals surface area contributed by atoms with Crippen LogP contribution in [0, 0.1) is 13.7 Å². The molecule has 0 aromatic heterocycles. The Labute approximate surface area is 185 Å². The number of benzene rings is 3. The Bertz CT molecular complexity index is 1100. The fraction of sp³-hybridized carbons (Fsp3) is 0.0476. The highest BCUT2D eigenvalue weighted by Gasteiger charge is 2.15. The first-order valence-electron chi connectivity index (χ1n) is 8.66. The zero-order valence-electron chi connectivity index (χ0n) is 15.7. The van der Waals surface area contributed by atoms with Crippen molar-refractivity contribution in [3.8, 4) is 11.5 Å². The first-order valence-corrected chi connectivity index (χ1v) is 9.74. The van der Waals surface area contributed by atoms with E-state index in [1.54, 1.807) is 48.7 Å².